The van der Waals surface area contributed by atoms with E-state index < -0.39 is 11.7 Å². The zero-order chi connectivity index (χ0) is 21.1. The van der Waals surface area contributed by atoms with Crippen molar-refractivity contribution in [3.8, 4) is 0 Å². The number of fused-ring (bicyclic) bond motifs is 1. The summed E-state index contributed by atoms with van der Waals surface area (Å²) in [7, 11) is 0. The zero-order valence-corrected chi connectivity index (χ0v) is 17.6. The van der Waals surface area contributed by atoms with E-state index in [0.717, 1.165) is 46.0 Å². The third kappa shape index (κ3) is 4.75. The minimum absolute atomic E-state index is 0.0200. The molecule has 2 heterocycles. The van der Waals surface area contributed by atoms with E-state index in [0.29, 0.717) is 23.9 Å². The molecule has 8 heteroatoms. The summed E-state index contributed by atoms with van der Waals surface area (Å²) in [6.45, 7) is 0.513. The molecule has 0 saturated heterocycles. The Morgan fingerprint density at radius 3 is 2.47 bits per heavy atom. The number of alkyl halides is 3. The number of nitrogens with zero attached hydrogens (tertiary/aromatic N) is 2. The highest BCUT2D eigenvalue weighted by molar-refractivity contribution is 7.99. The molecule has 30 heavy (non-hydrogen) atoms. The van der Waals surface area contributed by atoms with Crippen molar-refractivity contribution in [3.63, 3.8) is 0 Å². The largest absolute Gasteiger partial charge is 0.416 e. The molecule has 1 aromatic heterocycles. The number of aromatic nitrogens is 2. The summed E-state index contributed by atoms with van der Waals surface area (Å²) in [5.74, 6) is 1.30. The van der Waals surface area contributed by atoms with Gasteiger partial charge in [0.25, 0.3) is 5.56 Å². The zero-order valence-electron chi connectivity index (χ0n) is 16.0. The first-order valence-electron chi connectivity index (χ1n) is 9.51. The van der Waals surface area contributed by atoms with Crippen molar-refractivity contribution in [1.29, 1.82) is 0 Å². The highest BCUT2D eigenvalue weighted by Crippen LogP contribution is 2.32. The molecular formula is C22H19F3N2OS2. The van der Waals surface area contributed by atoms with Crippen LogP contribution in [-0.4, -0.2) is 15.3 Å². The standard InChI is InChI=1S/C22H19F3N2OS2/c23-22(24,25)17-8-6-16(7-9-17)14-30-21-26-18-11-13-29-19(18)20(28)27(21)12-10-15-4-2-1-3-5-15/h1-9H,10-14H2. The third-order valence-electron chi connectivity index (χ3n) is 4.86. The maximum Gasteiger partial charge on any atom is 0.416 e. The normalized spacial score (nSPS) is 13.4. The lowest BCUT2D eigenvalue weighted by atomic mass is 10.1. The molecule has 0 atom stereocenters. The Bertz CT molecular complexity index is 1080. The molecule has 156 valence electrons. The molecule has 0 bridgehead atoms. The molecule has 4 rings (SSSR count). The molecule has 0 radical (unpaired) electrons. The quantitative estimate of drug-likeness (QED) is 0.371. The lowest BCUT2D eigenvalue weighted by Crippen LogP contribution is -2.26. The fraction of sp³-hybridized carbons (Fsp3) is 0.273. The van der Waals surface area contributed by atoms with Crippen molar-refractivity contribution < 1.29 is 13.2 Å². The fourth-order valence-corrected chi connectivity index (χ4v) is 5.30. The van der Waals surface area contributed by atoms with Crippen LogP contribution in [0, 0.1) is 0 Å². The van der Waals surface area contributed by atoms with Crippen LogP contribution in [-0.2, 0) is 31.3 Å². The molecule has 0 aliphatic carbocycles. The van der Waals surface area contributed by atoms with E-state index in [1.807, 2.05) is 30.3 Å². The van der Waals surface area contributed by atoms with E-state index in [-0.39, 0.29) is 5.56 Å². The van der Waals surface area contributed by atoms with Crippen LogP contribution in [0.25, 0.3) is 0 Å². The van der Waals surface area contributed by atoms with Crippen LogP contribution in [0.5, 0.6) is 0 Å². The number of halogens is 3. The summed E-state index contributed by atoms with van der Waals surface area (Å²) >= 11 is 2.94. The topological polar surface area (TPSA) is 34.9 Å². The third-order valence-corrected chi connectivity index (χ3v) is 7.02. The number of aryl methyl sites for hydroxylation is 2. The van der Waals surface area contributed by atoms with E-state index in [2.05, 4.69) is 0 Å². The lowest BCUT2D eigenvalue weighted by Gasteiger charge is -2.14. The second kappa shape index (κ2) is 8.89. The summed E-state index contributed by atoms with van der Waals surface area (Å²) in [5.41, 5.74) is 2.04. The molecule has 1 aliphatic heterocycles. The number of rotatable bonds is 6. The summed E-state index contributed by atoms with van der Waals surface area (Å²) in [4.78, 5) is 18.5. The number of benzene rings is 2. The van der Waals surface area contributed by atoms with Crippen molar-refractivity contribution in [3.05, 3.63) is 87.3 Å². The van der Waals surface area contributed by atoms with Crippen LogP contribution < -0.4 is 5.56 Å². The first-order chi connectivity index (χ1) is 14.4. The van der Waals surface area contributed by atoms with E-state index in [4.69, 9.17) is 4.98 Å². The minimum Gasteiger partial charge on any atom is -0.286 e. The van der Waals surface area contributed by atoms with Gasteiger partial charge in [0.05, 0.1) is 16.2 Å². The fourth-order valence-electron chi connectivity index (χ4n) is 3.25. The van der Waals surface area contributed by atoms with Gasteiger partial charge in [-0.25, -0.2) is 4.98 Å². The van der Waals surface area contributed by atoms with Gasteiger partial charge < -0.3 is 0 Å². The SMILES string of the molecule is O=c1c2c(nc(SCc3ccc(C(F)(F)F)cc3)n1CCc1ccccc1)CCS2. The Morgan fingerprint density at radius 2 is 1.77 bits per heavy atom. The summed E-state index contributed by atoms with van der Waals surface area (Å²) in [6, 6.07) is 15.1. The molecule has 2 aromatic carbocycles. The Labute approximate surface area is 180 Å². The van der Waals surface area contributed by atoms with Gasteiger partial charge in [-0.05, 0) is 29.7 Å². The van der Waals surface area contributed by atoms with E-state index in [1.54, 1.807) is 16.3 Å². The number of hydrogen-bond donors (Lipinski definition) is 0. The van der Waals surface area contributed by atoms with Gasteiger partial charge in [0.2, 0.25) is 0 Å². The molecule has 1 aliphatic rings. The van der Waals surface area contributed by atoms with Crippen LogP contribution >= 0.6 is 23.5 Å². The second-order valence-corrected chi connectivity index (χ2v) is 8.99. The molecule has 0 saturated carbocycles. The Hall–Kier alpha value is -2.19. The Balaban J connectivity index is 1.55. The van der Waals surface area contributed by atoms with Gasteiger partial charge in [-0.2, -0.15) is 13.2 Å². The van der Waals surface area contributed by atoms with Crippen molar-refractivity contribution in [2.75, 3.05) is 5.75 Å². The monoisotopic (exact) mass is 448 g/mol. The number of hydrogen-bond acceptors (Lipinski definition) is 4. The van der Waals surface area contributed by atoms with Crippen molar-refractivity contribution in [2.24, 2.45) is 0 Å². The Kier molecular flexibility index (Phi) is 6.24. The van der Waals surface area contributed by atoms with Crippen LogP contribution in [0.1, 0.15) is 22.4 Å². The average Bonchev–Trinajstić information content (AvgIpc) is 3.21. The molecule has 3 nitrogen and oxygen atoms in total. The number of thioether (sulfide) groups is 2. The maximum atomic E-state index is 13.0. The second-order valence-electron chi connectivity index (χ2n) is 6.94. The van der Waals surface area contributed by atoms with Crippen molar-refractivity contribution in [2.45, 2.75) is 41.4 Å². The van der Waals surface area contributed by atoms with Crippen LogP contribution in [0.4, 0.5) is 13.2 Å². The highest BCUT2D eigenvalue weighted by atomic mass is 32.2. The lowest BCUT2D eigenvalue weighted by molar-refractivity contribution is -0.137. The first kappa shape index (κ1) is 21.1. The van der Waals surface area contributed by atoms with Crippen molar-refractivity contribution >= 4 is 23.5 Å². The van der Waals surface area contributed by atoms with Gasteiger partial charge in [-0.1, -0.05) is 54.2 Å². The van der Waals surface area contributed by atoms with Gasteiger partial charge in [0.1, 0.15) is 0 Å². The average molecular weight is 449 g/mol. The van der Waals surface area contributed by atoms with E-state index in [9.17, 15) is 18.0 Å². The molecular weight excluding hydrogens is 429 g/mol. The van der Waals surface area contributed by atoms with Gasteiger partial charge in [0.15, 0.2) is 5.16 Å². The molecule has 0 N–H and O–H groups in total. The molecule has 0 amide bonds. The van der Waals surface area contributed by atoms with E-state index in [1.165, 1.54) is 23.9 Å². The highest BCUT2D eigenvalue weighted by Gasteiger charge is 2.30. The van der Waals surface area contributed by atoms with Gasteiger partial charge in [-0.3, -0.25) is 9.36 Å². The molecule has 3 aromatic rings. The maximum absolute atomic E-state index is 13.0. The summed E-state index contributed by atoms with van der Waals surface area (Å²) < 4.78 is 40.0. The summed E-state index contributed by atoms with van der Waals surface area (Å²) in [6.07, 6.45) is -2.87. The predicted molar refractivity (Wildman–Crippen MR) is 114 cm³/mol. The Morgan fingerprint density at radius 1 is 1.03 bits per heavy atom. The van der Waals surface area contributed by atoms with Gasteiger partial charge in [0, 0.05) is 24.5 Å². The van der Waals surface area contributed by atoms with Gasteiger partial charge in [-0.15, -0.1) is 11.8 Å². The summed E-state index contributed by atoms with van der Waals surface area (Å²) in [5, 5.41) is 0.622. The predicted octanol–water partition coefficient (Wildman–Crippen LogP) is 5.45. The molecule has 0 spiro atoms. The van der Waals surface area contributed by atoms with Gasteiger partial charge >= 0.3 is 6.18 Å². The van der Waals surface area contributed by atoms with Crippen molar-refractivity contribution in [1.82, 2.24) is 9.55 Å². The molecule has 0 unspecified atom stereocenters. The molecule has 0 fully saturated rings. The van der Waals surface area contributed by atoms with Crippen LogP contribution in [0.3, 0.4) is 0 Å². The van der Waals surface area contributed by atoms with Crippen LogP contribution in [0.2, 0.25) is 0 Å². The van der Waals surface area contributed by atoms with E-state index >= 15 is 0 Å². The smallest absolute Gasteiger partial charge is 0.286 e. The first-order valence-corrected chi connectivity index (χ1v) is 11.5. The minimum atomic E-state index is -4.34. The van der Waals surface area contributed by atoms with Crippen LogP contribution in [0.15, 0.2) is 69.4 Å².